The Balaban J connectivity index is 1.93. The van der Waals surface area contributed by atoms with E-state index >= 15 is 0 Å². The van der Waals surface area contributed by atoms with E-state index in [0.717, 1.165) is 17.9 Å². The van der Waals surface area contributed by atoms with Gasteiger partial charge in [-0.05, 0) is 13.8 Å². The summed E-state index contributed by atoms with van der Waals surface area (Å²) in [4.78, 5) is 14.3. The van der Waals surface area contributed by atoms with Gasteiger partial charge in [0.1, 0.15) is 6.04 Å². The lowest BCUT2D eigenvalue weighted by Gasteiger charge is -2.31. The second kappa shape index (κ2) is 5.88. The number of hydrogen-bond acceptors (Lipinski definition) is 5. The Bertz CT molecular complexity index is 677. The number of amides is 1. The van der Waals surface area contributed by atoms with Gasteiger partial charge in [0.25, 0.3) is 0 Å². The number of rotatable bonds is 5. The number of methoxy groups -OCH3 is 1. The quantitative estimate of drug-likeness (QED) is 0.813. The maximum atomic E-state index is 12.5. The Morgan fingerprint density at radius 3 is 2.91 bits per heavy atom. The van der Waals surface area contributed by atoms with Crippen LogP contribution in [0.15, 0.2) is 12.4 Å². The monoisotopic (exact) mass is 304 g/mol. The van der Waals surface area contributed by atoms with Gasteiger partial charge in [-0.25, -0.2) is 0 Å². The average Bonchev–Trinajstić information content (AvgIpc) is 3.15. The number of hydrogen-bond donors (Lipinski definition) is 0. The van der Waals surface area contributed by atoms with Crippen molar-refractivity contribution < 1.29 is 9.53 Å². The molecule has 22 heavy (non-hydrogen) atoms. The lowest BCUT2D eigenvalue weighted by atomic mass is 10.2. The minimum atomic E-state index is -0.324. The van der Waals surface area contributed by atoms with Gasteiger partial charge in [0.05, 0.1) is 24.9 Å². The van der Waals surface area contributed by atoms with Crippen LogP contribution in [0.3, 0.4) is 0 Å². The van der Waals surface area contributed by atoms with E-state index in [0.29, 0.717) is 25.5 Å². The molecule has 0 unspecified atom stereocenters. The summed E-state index contributed by atoms with van der Waals surface area (Å²) in [6.07, 6.45) is 3.68. The lowest BCUT2D eigenvalue weighted by Crippen LogP contribution is -2.43. The van der Waals surface area contributed by atoms with Crippen LogP contribution in [0.2, 0.25) is 0 Å². The Labute approximate surface area is 128 Å². The minimum Gasteiger partial charge on any atom is -0.383 e. The fourth-order valence-corrected chi connectivity index (χ4v) is 2.70. The first-order valence-corrected chi connectivity index (χ1v) is 7.40. The van der Waals surface area contributed by atoms with Gasteiger partial charge in [-0.1, -0.05) is 0 Å². The zero-order valence-electron chi connectivity index (χ0n) is 13.1. The second-order valence-electron chi connectivity index (χ2n) is 5.32. The van der Waals surface area contributed by atoms with E-state index in [1.807, 2.05) is 29.3 Å². The van der Waals surface area contributed by atoms with Crippen LogP contribution in [0, 0.1) is 0 Å². The standard InChI is InChI=1S/C14H20N6O2/c1-4-19-8-11(7-15-19)13-17-16-12-9-18(5-6-22-3)14(21)10(2)20(12)13/h7-8,10H,4-6,9H2,1-3H3/t10-/m0/s1. The molecule has 2 aromatic heterocycles. The van der Waals surface area contributed by atoms with Gasteiger partial charge in [-0.3, -0.25) is 14.0 Å². The van der Waals surface area contributed by atoms with Gasteiger partial charge in [-0.15, -0.1) is 10.2 Å². The summed E-state index contributed by atoms with van der Waals surface area (Å²) >= 11 is 0. The summed E-state index contributed by atoms with van der Waals surface area (Å²) in [5, 5.41) is 12.8. The van der Waals surface area contributed by atoms with Crippen molar-refractivity contribution in [2.24, 2.45) is 0 Å². The van der Waals surface area contributed by atoms with E-state index in [9.17, 15) is 4.79 Å². The van der Waals surface area contributed by atoms with Gasteiger partial charge in [-0.2, -0.15) is 5.10 Å². The van der Waals surface area contributed by atoms with Crippen molar-refractivity contribution >= 4 is 5.91 Å². The number of aryl methyl sites for hydroxylation is 1. The van der Waals surface area contributed by atoms with Crippen molar-refractivity contribution in [3.05, 3.63) is 18.2 Å². The number of nitrogens with zero attached hydrogens (tertiary/aromatic N) is 6. The minimum absolute atomic E-state index is 0.0634. The predicted octanol–water partition coefficient (Wildman–Crippen LogP) is 0.711. The van der Waals surface area contributed by atoms with Crippen molar-refractivity contribution in [2.45, 2.75) is 33.0 Å². The van der Waals surface area contributed by atoms with E-state index < -0.39 is 0 Å². The normalized spacial score (nSPS) is 17.9. The third-order valence-corrected chi connectivity index (χ3v) is 3.94. The molecule has 0 N–H and O–H groups in total. The molecule has 0 radical (unpaired) electrons. The maximum absolute atomic E-state index is 12.5. The Morgan fingerprint density at radius 2 is 2.23 bits per heavy atom. The second-order valence-corrected chi connectivity index (χ2v) is 5.32. The van der Waals surface area contributed by atoms with E-state index in [1.54, 1.807) is 18.2 Å². The van der Waals surface area contributed by atoms with Crippen LogP contribution in [-0.2, 0) is 22.6 Å². The molecule has 0 aromatic carbocycles. The first-order valence-electron chi connectivity index (χ1n) is 7.40. The van der Waals surface area contributed by atoms with Gasteiger partial charge in [0.2, 0.25) is 5.91 Å². The fraction of sp³-hybridized carbons (Fsp3) is 0.571. The number of aromatic nitrogens is 5. The Kier molecular flexibility index (Phi) is 3.93. The summed E-state index contributed by atoms with van der Waals surface area (Å²) in [6.45, 7) is 6.23. The van der Waals surface area contributed by atoms with E-state index in [2.05, 4.69) is 15.3 Å². The SMILES string of the molecule is CCn1cc(-c2nnc3n2[C@@H](C)C(=O)N(CCOC)C3)cn1. The lowest BCUT2D eigenvalue weighted by molar-refractivity contribution is -0.137. The largest absolute Gasteiger partial charge is 0.383 e. The van der Waals surface area contributed by atoms with Gasteiger partial charge >= 0.3 is 0 Å². The predicted molar refractivity (Wildman–Crippen MR) is 78.9 cm³/mol. The molecule has 1 amide bonds. The molecule has 8 heteroatoms. The molecule has 8 nitrogen and oxygen atoms in total. The highest BCUT2D eigenvalue weighted by Gasteiger charge is 2.33. The molecule has 0 saturated heterocycles. The molecule has 3 heterocycles. The van der Waals surface area contributed by atoms with Crippen LogP contribution in [-0.4, -0.2) is 55.6 Å². The number of carbonyl (C=O) groups excluding carboxylic acids is 1. The zero-order chi connectivity index (χ0) is 15.7. The molecule has 3 rings (SSSR count). The van der Waals surface area contributed by atoms with E-state index in [1.165, 1.54) is 0 Å². The number of fused-ring (bicyclic) bond motifs is 1. The molecule has 1 aliphatic rings. The Hall–Kier alpha value is -2.22. The maximum Gasteiger partial charge on any atom is 0.245 e. The molecule has 0 spiro atoms. The molecular weight excluding hydrogens is 284 g/mol. The molecule has 0 saturated carbocycles. The van der Waals surface area contributed by atoms with Crippen molar-refractivity contribution in [3.8, 4) is 11.4 Å². The molecule has 1 atom stereocenters. The molecule has 1 aliphatic heterocycles. The topological polar surface area (TPSA) is 78.1 Å². The van der Waals surface area contributed by atoms with Gasteiger partial charge in [0.15, 0.2) is 11.6 Å². The van der Waals surface area contributed by atoms with E-state index in [4.69, 9.17) is 4.74 Å². The van der Waals surface area contributed by atoms with Crippen molar-refractivity contribution in [1.82, 2.24) is 29.4 Å². The van der Waals surface area contributed by atoms with Crippen LogP contribution in [0.1, 0.15) is 25.7 Å². The van der Waals surface area contributed by atoms with Crippen LogP contribution in [0.4, 0.5) is 0 Å². The van der Waals surface area contributed by atoms with Crippen LogP contribution in [0.25, 0.3) is 11.4 Å². The number of ether oxygens (including phenoxy) is 1. The highest BCUT2D eigenvalue weighted by atomic mass is 16.5. The van der Waals surface area contributed by atoms with Crippen molar-refractivity contribution in [3.63, 3.8) is 0 Å². The highest BCUT2D eigenvalue weighted by molar-refractivity contribution is 5.82. The fourth-order valence-electron chi connectivity index (χ4n) is 2.70. The van der Waals surface area contributed by atoms with Crippen LogP contribution < -0.4 is 0 Å². The molecule has 118 valence electrons. The summed E-state index contributed by atoms with van der Waals surface area (Å²) in [6, 6.07) is -0.324. The summed E-state index contributed by atoms with van der Waals surface area (Å²) in [7, 11) is 1.63. The van der Waals surface area contributed by atoms with Crippen molar-refractivity contribution in [2.75, 3.05) is 20.3 Å². The highest BCUT2D eigenvalue weighted by Crippen LogP contribution is 2.27. The third-order valence-electron chi connectivity index (χ3n) is 3.94. The summed E-state index contributed by atoms with van der Waals surface area (Å²) < 4.78 is 8.79. The first kappa shape index (κ1) is 14.7. The van der Waals surface area contributed by atoms with Crippen LogP contribution in [0.5, 0.6) is 0 Å². The Morgan fingerprint density at radius 1 is 1.41 bits per heavy atom. The average molecular weight is 304 g/mol. The molecular formula is C14H20N6O2. The van der Waals surface area contributed by atoms with Crippen LogP contribution >= 0.6 is 0 Å². The first-order chi connectivity index (χ1) is 10.7. The number of carbonyl (C=O) groups is 1. The van der Waals surface area contributed by atoms with Gasteiger partial charge < -0.3 is 9.64 Å². The molecule has 2 aromatic rings. The van der Waals surface area contributed by atoms with Crippen molar-refractivity contribution in [1.29, 1.82) is 0 Å². The molecule has 0 aliphatic carbocycles. The third kappa shape index (κ3) is 2.39. The van der Waals surface area contributed by atoms with Gasteiger partial charge in [0, 0.05) is 26.4 Å². The zero-order valence-corrected chi connectivity index (χ0v) is 13.1. The summed E-state index contributed by atoms with van der Waals surface area (Å²) in [5.74, 6) is 1.55. The molecule has 0 bridgehead atoms. The summed E-state index contributed by atoms with van der Waals surface area (Å²) in [5.41, 5.74) is 0.880. The molecule has 0 fully saturated rings. The van der Waals surface area contributed by atoms with E-state index in [-0.39, 0.29) is 11.9 Å². The smallest absolute Gasteiger partial charge is 0.245 e.